The minimum atomic E-state index is 0.437. The van der Waals surface area contributed by atoms with Crippen LogP contribution in [0.5, 0.6) is 5.75 Å². The first-order chi connectivity index (χ1) is 8.84. The van der Waals surface area contributed by atoms with Gasteiger partial charge < -0.3 is 10.1 Å². The molecule has 0 saturated carbocycles. The van der Waals surface area contributed by atoms with E-state index in [1.165, 1.54) is 18.4 Å². The van der Waals surface area contributed by atoms with E-state index < -0.39 is 0 Å². The highest BCUT2D eigenvalue weighted by Gasteiger charge is 2.29. The second-order valence-corrected chi connectivity index (χ2v) is 5.45. The molecule has 18 heavy (non-hydrogen) atoms. The van der Waals surface area contributed by atoms with Crippen molar-refractivity contribution in [2.24, 2.45) is 5.92 Å². The summed E-state index contributed by atoms with van der Waals surface area (Å²) < 4.78 is 5.80. The summed E-state index contributed by atoms with van der Waals surface area (Å²) in [6.45, 7) is 3.09. The monoisotopic (exact) mass is 243 g/mol. The number of benzene rings is 1. The van der Waals surface area contributed by atoms with Crippen LogP contribution in [0.1, 0.15) is 37.8 Å². The van der Waals surface area contributed by atoms with Crippen molar-refractivity contribution in [1.29, 1.82) is 0 Å². The topological polar surface area (TPSA) is 21.3 Å². The van der Waals surface area contributed by atoms with Gasteiger partial charge in [0.25, 0.3) is 0 Å². The maximum Gasteiger partial charge on any atom is 0.124 e. The molecule has 1 aliphatic heterocycles. The quantitative estimate of drug-likeness (QED) is 0.803. The summed E-state index contributed by atoms with van der Waals surface area (Å²) in [5, 5.41) is 3.83. The Morgan fingerprint density at radius 3 is 2.94 bits per heavy atom. The van der Waals surface area contributed by atoms with Crippen molar-refractivity contribution in [3.05, 3.63) is 42.0 Å². The fraction of sp³-hybridized carbons (Fsp3) is 0.500. The van der Waals surface area contributed by atoms with E-state index in [-0.39, 0.29) is 0 Å². The molecule has 0 aromatic heterocycles. The zero-order chi connectivity index (χ0) is 12.4. The molecule has 96 valence electrons. The lowest BCUT2D eigenvalue weighted by atomic mass is 9.90. The van der Waals surface area contributed by atoms with E-state index in [1.54, 1.807) is 0 Å². The Kier molecular flexibility index (Phi) is 3.37. The Hall–Kier alpha value is -1.28. The van der Waals surface area contributed by atoms with Gasteiger partial charge in [0.15, 0.2) is 0 Å². The van der Waals surface area contributed by atoms with E-state index in [1.807, 2.05) is 0 Å². The van der Waals surface area contributed by atoms with Crippen LogP contribution in [0.2, 0.25) is 0 Å². The molecule has 1 aromatic carbocycles. The minimum absolute atomic E-state index is 0.437. The molecule has 0 fully saturated rings. The number of hydrogen-bond donors (Lipinski definition) is 1. The summed E-state index contributed by atoms with van der Waals surface area (Å²) in [7, 11) is 0. The Morgan fingerprint density at radius 1 is 1.22 bits per heavy atom. The zero-order valence-electron chi connectivity index (χ0n) is 10.9. The molecule has 3 unspecified atom stereocenters. The van der Waals surface area contributed by atoms with Gasteiger partial charge in [-0.25, -0.2) is 0 Å². The van der Waals surface area contributed by atoms with Gasteiger partial charge in [0.1, 0.15) is 5.75 Å². The SMILES string of the molecule is CC1COc2ccccc2C1NC1CC=CCC1. The molecule has 3 atom stereocenters. The van der Waals surface area contributed by atoms with Gasteiger partial charge in [0.2, 0.25) is 0 Å². The summed E-state index contributed by atoms with van der Waals surface area (Å²) >= 11 is 0. The van der Waals surface area contributed by atoms with Crippen LogP contribution in [0.3, 0.4) is 0 Å². The van der Waals surface area contributed by atoms with Crippen LogP contribution >= 0.6 is 0 Å². The summed E-state index contributed by atoms with van der Waals surface area (Å²) in [5.41, 5.74) is 1.32. The van der Waals surface area contributed by atoms with Crippen molar-refractivity contribution in [1.82, 2.24) is 5.32 Å². The molecule has 2 heteroatoms. The summed E-state index contributed by atoms with van der Waals surface area (Å²) in [6, 6.07) is 9.49. The van der Waals surface area contributed by atoms with Crippen LogP contribution in [0, 0.1) is 5.92 Å². The fourth-order valence-electron chi connectivity index (χ4n) is 2.95. The predicted molar refractivity (Wildman–Crippen MR) is 73.8 cm³/mol. The molecular weight excluding hydrogens is 222 g/mol. The molecule has 2 aliphatic rings. The van der Waals surface area contributed by atoms with Crippen LogP contribution in [-0.4, -0.2) is 12.6 Å². The van der Waals surface area contributed by atoms with Crippen molar-refractivity contribution >= 4 is 0 Å². The average molecular weight is 243 g/mol. The lowest BCUT2D eigenvalue weighted by Crippen LogP contribution is -2.40. The van der Waals surface area contributed by atoms with E-state index in [0.29, 0.717) is 18.0 Å². The highest BCUT2D eigenvalue weighted by atomic mass is 16.5. The number of para-hydroxylation sites is 1. The Morgan fingerprint density at radius 2 is 2.11 bits per heavy atom. The van der Waals surface area contributed by atoms with E-state index in [9.17, 15) is 0 Å². The van der Waals surface area contributed by atoms with Crippen LogP contribution in [0.4, 0.5) is 0 Å². The van der Waals surface area contributed by atoms with E-state index in [0.717, 1.165) is 18.8 Å². The van der Waals surface area contributed by atoms with Crippen LogP contribution < -0.4 is 10.1 Å². The van der Waals surface area contributed by atoms with Crippen molar-refractivity contribution in [2.45, 2.75) is 38.3 Å². The summed E-state index contributed by atoms with van der Waals surface area (Å²) in [5.74, 6) is 1.59. The van der Waals surface area contributed by atoms with Gasteiger partial charge in [-0.15, -0.1) is 0 Å². The summed E-state index contributed by atoms with van der Waals surface area (Å²) in [4.78, 5) is 0. The van der Waals surface area contributed by atoms with Crippen molar-refractivity contribution in [3.63, 3.8) is 0 Å². The highest BCUT2D eigenvalue weighted by molar-refractivity contribution is 5.38. The number of fused-ring (bicyclic) bond motifs is 1. The number of ether oxygens (including phenoxy) is 1. The van der Waals surface area contributed by atoms with Gasteiger partial charge in [0, 0.05) is 23.6 Å². The van der Waals surface area contributed by atoms with Gasteiger partial charge in [-0.05, 0) is 25.3 Å². The minimum Gasteiger partial charge on any atom is -0.493 e. The molecule has 1 N–H and O–H groups in total. The van der Waals surface area contributed by atoms with Gasteiger partial charge >= 0.3 is 0 Å². The van der Waals surface area contributed by atoms with Gasteiger partial charge in [-0.1, -0.05) is 37.3 Å². The van der Waals surface area contributed by atoms with Crippen molar-refractivity contribution < 1.29 is 4.74 Å². The zero-order valence-corrected chi connectivity index (χ0v) is 10.9. The normalized spacial score (nSPS) is 30.6. The molecular formula is C16H21NO. The van der Waals surface area contributed by atoms with Gasteiger partial charge in [-0.3, -0.25) is 0 Å². The third kappa shape index (κ3) is 2.30. The first-order valence-electron chi connectivity index (χ1n) is 6.97. The van der Waals surface area contributed by atoms with Crippen LogP contribution in [0.25, 0.3) is 0 Å². The number of nitrogens with one attached hydrogen (secondary N) is 1. The molecule has 2 nitrogen and oxygen atoms in total. The van der Waals surface area contributed by atoms with E-state index in [4.69, 9.17) is 4.74 Å². The number of rotatable bonds is 2. The number of allylic oxidation sites excluding steroid dienone is 1. The molecule has 0 bridgehead atoms. The second-order valence-electron chi connectivity index (χ2n) is 5.45. The molecule has 0 amide bonds. The first kappa shape index (κ1) is 11.8. The standard InChI is InChI=1S/C16H21NO/c1-12-11-18-15-10-6-5-9-14(15)16(12)17-13-7-3-2-4-8-13/h2-3,5-6,9-10,12-13,16-17H,4,7-8,11H2,1H3. The Balaban J connectivity index is 1.79. The maximum atomic E-state index is 5.80. The highest BCUT2D eigenvalue weighted by Crippen LogP contribution is 2.35. The summed E-state index contributed by atoms with van der Waals surface area (Å²) in [6.07, 6.45) is 8.21. The van der Waals surface area contributed by atoms with Crippen molar-refractivity contribution in [3.8, 4) is 5.75 Å². The third-order valence-corrected chi connectivity index (χ3v) is 4.01. The fourth-order valence-corrected chi connectivity index (χ4v) is 2.95. The van der Waals surface area contributed by atoms with Crippen LogP contribution in [0.15, 0.2) is 36.4 Å². The molecule has 0 spiro atoms. The van der Waals surface area contributed by atoms with Crippen LogP contribution in [-0.2, 0) is 0 Å². The Bertz CT molecular complexity index is 440. The lowest BCUT2D eigenvalue weighted by Gasteiger charge is -2.35. The largest absolute Gasteiger partial charge is 0.493 e. The van der Waals surface area contributed by atoms with Gasteiger partial charge in [-0.2, -0.15) is 0 Å². The molecule has 1 aliphatic carbocycles. The van der Waals surface area contributed by atoms with Crippen molar-refractivity contribution in [2.75, 3.05) is 6.61 Å². The number of hydrogen-bond acceptors (Lipinski definition) is 2. The third-order valence-electron chi connectivity index (χ3n) is 4.01. The maximum absolute atomic E-state index is 5.80. The Labute approximate surface area is 109 Å². The molecule has 0 saturated heterocycles. The smallest absolute Gasteiger partial charge is 0.124 e. The second kappa shape index (κ2) is 5.15. The molecule has 1 aromatic rings. The lowest BCUT2D eigenvalue weighted by molar-refractivity contribution is 0.178. The van der Waals surface area contributed by atoms with Gasteiger partial charge in [0.05, 0.1) is 6.61 Å². The molecule has 3 rings (SSSR count). The van der Waals surface area contributed by atoms with E-state index >= 15 is 0 Å². The molecule has 1 heterocycles. The van der Waals surface area contributed by atoms with E-state index in [2.05, 4.69) is 48.7 Å². The molecule has 0 radical (unpaired) electrons. The first-order valence-corrected chi connectivity index (χ1v) is 6.97. The average Bonchev–Trinajstić information content (AvgIpc) is 2.43. The predicted octanol–water partition coefficient (Wildman–Crippen LogP) is 3.45.